The van der Waals surface area contributed by atoms with E-state index in [4.69, 9.17) is 4.52 Å². The van der Waals surface area contributed by atoms with Crippen molar-refractivity contribution in [2.24, 2.45) is 0 Å². The van der Waals surface area contributed by atoms with Crippen LogP contribution in [0.3, 0.4) is 0 Å². The van der Waals surface area contributed by atoms with Crippen molar-refractivity contribution in [2.45, 2.75) is 20.4 Å². The maximum atomic E-state index is 12.9. The Morgan fingerprint density at radius 2 is 1.79 bits per heavy atom. The molecular formula is C18H18BrFN6O3. The normalized spacial score (nSPS) is 10.8. The molecule has 0 bridgehead atoms. The van der Waals surface area contributed by atoms with Crippen LogP contribution in [0.1, 0.15) is 38.3 Å². The van der Waals surface area contributed by atoms with Crippen molar-refractivity contribution in [3.8, 4) is 0 Å². The molecule has 0 radical (unpaired) electrons. The van der Waals surface area contributed by atoms with Crippen LogP contribution in [0.5, 0.6) is 0 Å². The van der Waals surface area contributed by atoms with Crippen molar-refractivity contribution in [1.82, 2.24) is 30.6 Å². The quantitative estimate of drug-likeness (QED) is 0.516. The summed E-state index contributed by atoms with van der Waals surface area (Å²) in [5, 5.41) is 13.3. The predicted molar refractivity (Wildman–Crippen MR) is 104 cm³/mol. The van der Waals surface area contributed by atoms with E-state index in [1.54, 1.807) is 4.68 Å². The SMILES string of the molecule is Cc1nn(Cc2noc(C(=O)NCCNC(=O)c3ccc(F)cc3)n2)c(C)c1Br. The maximum Gasteiger partial charge on any atom is 0.316 e. The first-order chi connectivity index (χ1) is 13.8. The Morgan fingerprint density at radius 3 is 2.41 bits per heavy atom. The van der Waals surface area contributed by atoms with Gasteiger partial charge in [0.15, 0.2) is 5.82 Å². The average molecular weight is 465 g/mol. The number of carbonyl (C=O) groups excluding carboxylic acids is 2. The zero-order valence-corrected chi connectivity index (χ0v) is 17.3. The van der Waals surface area contributed by atoms with Gasteiger partial charge < -0.3 is 15.2 Å². The molecule has 0 aliphatic carbocycles. The van der Waals surface area contributed by atoms with Crippen molar-refractivity contribution in [1.29, 1.82) is 0 Å². The van der Waals surface area contributed by atoms with Crippen LogP contribution < -0.4 is 10.6 Å². The number of hydrogen-bond donors (Lipinski definition) is 2. The van der Waals surface area contributed by atoms with E-state index in [9.17, 15) is 14.0 Å². The first-order valence-electron chi connectivity index (χ1n) is 8.69. The van der Waals surface area contributed by atoms with E-state index in [0.29, 0.717) is 11.4 Å². The topological polar surface area (TPSA) is 115 Å². The van der Waals surface area contributed by atoms with Crippen molar-refractivity contribution in [2.75, 3.05) is 13.1 Å². The highest BCUT2D eigenvalue weighted by molar-refractivity contribution is 9.10. The van der Waals surface area contributed by atoms with Gasteiger partial charge in [-0.05, 0) is 54.0 Å². The van der Waals surface area contributed by atoms with E-state index < -0.39 is 11.7 Å². The second-order valence-electron chi connectivity index (χ2n) is 6.18. The number of carbonyl (C=O) groups is 2. The van der Waals surface area contributed by atoms with Crippen LogP contribution in [0.4, 0.5) is 4.39 Å². The van der Waals surface area contributed by atoms with Crippen LogP contribution in [0.25, 0.3) is 0 Å². The molecule has 2 heterocycles. The third kappa shape index (κ3) is 5.05. The lowest BCUT2D eigenvalue weighted by atomic mass is 10.2. The molecule has 0 saturated carbocycles. The minimum atomic E-state index is -0.547. The molecule has 0 atom stereocenters. The molecule has 29 heavy (non-hydrogen) atoms. The number of halogens is 2. The number of amides is 2. The monoisotopic (exact) mass is 464 g/mol. The zero-order valence-electron chi connectivity index (χ0n) is 15.7. The van der Waals surface area contributed by atoms with E-state index >= 15 is 0 Å². The van der Waals surface area contributed by atoms with Gasteiger partial charge in [-0.2, -0.15) is 10.1 Å². The van der Waals surface area contributed by atoms with Crippen LogP contribution in [-0.2, 0) is 6.54 Å². The smallest absolute Gasteiger partial charge is 0.316 e. The standard InChI is InChI=1S/C18H18BrFN6O3/c1-10-15(19)11(2)26(24-10)9-14-23-18(29-25-14)17(28)22-8-7-21-16(27)12-3-5-13(20)6-4-12/h3-6H,7-9H2,1-2H3,(H,21,27)(H,22,28). The van der Waals surface area contributed by atoms with Gasteiger partial charge in [-0.1, -0.05) is 5.16 Å². The summed E-state index contributed by atoms with van der Waals surface area (Å²) in [5.74, 6) is -1.19. The molecule has 2 aromatic heterocycles. The Kier molecular flexibility index (Phi) is 6.37. The second kappa shape index (κ2) is 8.95. The van der Waals surface area contributed by atoms with Crippen molar-refractivity contribution in [3.05, 3.63) is 63.2 Å². The number of hydrogen-bond acceptors (Lipinski definition) is 6. The molecule has 3 rings (SSSR count). The maximum absolute atomic E-state index is 12.9. The number of rotatable bonds is 7. The first kappa shape index (κ1) is 20.6. The van der Waals surface area contributed by atoms with Gasteiger partial charge in [0.25, 0.3) is 5.91 Å². The molecule has 0 spiro atoms. The summed E-state index contributed by atoms with van der Waals surface area (Å²) in [5.41, 5.74) is 2.08. The molecule has 0 aliphatic heterocycles. The fraction of sp³-hybridized carbons (Fsp3) is 0.278. The number of nitrogens with zero attached hydrogens (tertiary/aromatic N) is 4. The highest BCUT2D eigenvalue weighted by Gasteiger charge is 2.17. The Hall–Kier alpha value is -3.08. The van der Waals surface area contributed by atoms with E-state index in [1.165, 1.54) is 24.3 Å². The number of aryl methyl sites for hydroxylation is 1. The molecule has 0 fully saturated rings. The van der Waals surface area contributed by atoms with Gasteiger partial charge in [0, 0.05) is 18.7 Å². The van der Waals surface area contributed by atoms with Crippen molar-refractivity contribution >= 4 is 27.7 Å². The number of nitrogens with one attached hydrogen (secondary N) is 2. The summed E-state index contributed by atoms with van der Waals surface area (Å²) < 4.78 is 20.5. The van der Waals surface area contributed by atoms with Gasteiger partial charge in [0.1, 0.15) is 12.4 Å². The lowest BCUT2D eigenvalue weighted by Gasteiger charge is -2.05. The van der Waals surface area contributed by atoms with Gasteiger partial charge in [-0.15, -0.1) is 0 Å². The van der Waals surface area contributed by atoms with Gasteiger partial charge in [0.05, 0.1) is 15.9 Å². The van der Waals surface area contributed by atoms with Gasteiger partial charge in [0.2, 0.25) is 0 Å². The third-order valence-corrected chi connectivity index (χ3v) is 5.20. The molecule has 2 N–H and O–H groups in total. The summed E-state index contributed by atoms with van der Waals surface area (Å²) in [6.45, 7) is 4.38. The minimum Gasteiger partial charge on any atom is -0.350 e. The Labute approximate surface area is 173 Å². The van der Waals surface area contributed by atoms with Crippen LogP contribution in [0, 0.1) is 19.7 Å². The molecule has 152 valence electrons. The minimum absolute atomic E-state index is 0.161. The molecule has 11 heteroatoms. The molecule has 0 unspecified atom stereocenters. The molecule has 0 saturated heterocycles. The van der Waals surface area contributed by atoms with Gasteiger partial charge in [-0.25, -0.2) is 4.39 Å². The van der Waals surface area contributed by atoms with Gasteiger partial charge >= 0.3 is 11.8 Å². The van der Waals surface area contributed by atoms with E-state index in [1.807, 2.05) is 13.8 Å². The highest BCUT2D eigenvalue weighted by Crippen LogP contribution is 2.20. The van der Waals surface area contributed by atoms with E-state index in [-0.39, 0.29) is 31.4 Å². The Morgan fingerprint density at radius 1 is 1.14 bits per heavy atom. The fourth-order valence-corrected chi connectivity index (χ4v) is 2.79. The lowest BCUT2D eigenvalue weighted by molar-refractivity contribution is 0.0898. The van der Waals surface area contributed by atoms with Crippen molar-refractivity contribution in [3.63, 3.8) is 0 Å². The number of benzene rings is 1. The first-order valence-corrected chi connectivity index (χ1v) is 9.48. The molecule has 3 aromatic rings. The largest absolute Gasteiger partial charge is 0.350 e. The van der Waals surface area contributed by atoms with Crippen LogP contribution >= 0.6 is 15.9 Å². The summed E-state index contributed by atoms with van der Waals surface area (Å²) in [4.78, 5) is 28.1. The van der Waals surface area contributed by atoms with E-state index in [0.717, 1.165) is 15.9 Å². The fourth-order valence-electron chi connectivity index (χ4n) is 2.50. The molecule has 0 aliphatic rings. The summed E-state index contributed by atoms with van der Waals surface area (Å²) in [6, 6.07) is 5.17. The second-order valence-corrected chi connectivity index (χ2v) is 6.97. The Bertz CT molecular complexity index is 1030. The van der Waals surface area contributed by atoms with Crippen molar-refractivity contribution < 1.29 is 18.5 Å². The van der Waals surface area contributed by atoms with E-state index in [2.05, 4.69) is 41.8 Å². The van der Waals surface area contributed by atoms with Crippen LogP contribution in [0.15, 0.2) is 33.3 Å². The molecule has 2 amide bonds. The number of aromatic nitrogens is 4. The third-order valence-electron chi connectivity index (χ3n) is 4.05. The van der Waals surface area contributed by atoms with Crippen LogP contribution in [-0.4, -0.2) is 44.8 Å². The predicted octanol–water partition coefficient (Wildman–Crippen LogP) is 1.99. The summed E-state index contributed by atoms with van der Waals surface area (Å²) in [6.07, 6.45) is 0. The Balaban J connectivity index is 1.47. The van der Waals surface area contributed by atoms with Crippen LogP contribution in [0.2, 0.25) is 0 Å². The highest BCUT2D eigenvalue weighted by atomic mass is 79.9. The molecule has 1 aromatic carbocycles. The average Bonchev–Trinajstić information content (AvgIpc) is 3.26. The zero-order chi connectivity index (χ0) is 21.0. The summed E-state index contributed by atoms with van der Waals surface area (Å²) in [7, 11) is 0. The summed E-state index contributed by atoms with van der Waals surface area (Å²) >= 11 is 3.45. The molecular weight excluding hydrogens is 447 g/mol. The lowest BCUT2D eigenvalue weighted by Crippen LogP contribution is -2.34. The molecule has 9 nitrogen and oxygen atoms in total. The van der Waals surface area contributed by atoms with Gasteiger partial charge in [-0.3, -0.25) is 14.3 Å².